The predicted molar refractivity (Wildman–Crippen MR) is 81.4 cm³/mol. The number of nitro groups is 1. The van der Waals surface area contributed by atoms with Gasteiger partial charge < -0.3 is 15.2 Å². The number of aliphatic hydroxyl groups is 1. The highest BCUT2D eigenvalue weighted by molar-refractivity contribution is 5.43. The SMILES string of the molecule is COc1ccc([N+](=O)[O-])cc1CNCC(O)CC(C)(C)C. The lowest BCUT2D eigenvalue weighted by Crippen LogP contribution is -2.30. The summed E-state index contributed by atoms with van der Waals surface area (Å²) < 4.78 is 5.19. The average molecular weight is 296 g/mol. The monoisotopic (exact) mass is 296 g/mol. The summed E-state index contributed by atoms with van der Waals surface area (Å²) >= 11 is 0. The summed E-state index contributed by atoms with van der Waals surface area (Å²) in [4.78, 5) is 10.4. The zero-order chi connectivity index (χ0) is 16.0. The van der Waals surface area contributed by atoms with E-state index in [4.69, 9.17) is 4.74 Å². The summed E-state index contributed by atoms with van der Waals surface area (Å²) in [6.45, 7) is 7.05. The molecule has 1 unspecified atom stereocenters. The van der Waals surface area contributed by atoms with Crippen molar-refractivity contribution >= 4 is 5.69 Å². The summed E-state index contributed by atoms with van der Waals surface area (Å²) in [6, 6.07) is 4.49. The summed E-state index contributed by atoms with van der Waals surface area (Å²) in [5.74, 6) is 0.596. The van der Waals surface area contributed by atoms with E-state index < -0.39 is 11.0 Å². The van der Waals surface area contributed by atoms with Crippen LogP contribution in [0.4, 0.5) is 5.69 Å². The van der Waals surface area contributed by atoms with E-state index >= 15 is 0 Å². The topological polar surface area (TPSA) is 84.6 Å². The Balaban J connectivity index is 2.62. The highest BCUT2D eigenvalue weighted by Gasteiger charge is 2.17. The van der Waals surface area contributed by atoms with Crippen molar-refractivity contribution in [2.24, 2.45) is 5.41 Å². The van der Waals surface area contributed by atoms with Crippen LogP contribution in [0.3, 0.4) is 0 Å². The molecule has 0 aliphatic rings. The van der Waals surface area contributed by atoms with E-state index in [9.17, 15) is 15.2 Å². The van der Waals surface area contributed by atoms with Crippen LogP contribution in [0, 0.1) is 15.5 Å². The maximum absolute atomic E-state index is 10.8. The number of ether oxygens (including phenoxy) is 1. The van der Waals surface area contributed by atoms with Crippen molar-refractivity contribution in [3.63, 3.8) is 0 Å². The Morgan fingerprint density at radius 3 is 2.62 bits per heavy atom. The molecule has 0 fully saturated rings. The standard InChI is InChI=1S/C15H24N2O4/c1-15(2,3)8-13(18)10-16-9-11-7-12(17(19)20)5-6-14(11)21-4/h5-7,13,16,18H,8-10H2,1-4H3. The molecule has 6 heteroatoms. The van der Waals surface area contributed by atoms with Gasteiger partial charge in [-0.1, -0.05) is 20.8 Å². The third-order valence-electron chi connectivity index (χ3n) is 3.02. The summed E-state index contributed by atoms with van der Waals surface area (Å²) in [5, 5.41) is 23.8. The second-order valence-electron chi connectivity index (χ2n) is 6.30. The van der Waals surface area contributed by atoms with Gasteiger partial charge in [0.2, 0.25) is 0 Å². The third-order valence-corrected chi connectivity index (χ3v) is 3.02. The molecule has 0 saturated carbocycles. The van der Waals surface area contributed by atoms with Gasteiger partial charge in [-0.05, 0) is 17.9 Å². The first-order chi connectivity index (χ1) is 9.73. The third kappa shape index (κ3) is 6.10. The largest absolute Gasteiger partial charge is 0.496 e. The van der Waals surface area contributed by atoms with Gasteiger partial charge in [0, 0.05) is 30.8 Å². The molecule has 0 spiro atoms. The Hall–Kier alpha value is -1.66. The van der Waals surface area contributed by atoms with Gasteiger partial charge in [0.1, 0.15) is 5.75 Å². The first kappa shape index (κ1) is 17.4. The normalized spacial score (nSPS) is 13.0. The molecule has 1 atom stereocenters. The van der Waals surface area contributed by atoms with Gasteiger partial charge >= 0.3 is 0 Å². The van der Waals surface area contributed by atoms with Crippen LogP contribution < -0.4 is 10.1 Å². The lowest BCUT2D eigenvalue weighted by molar-refractivity contribution is -0.384. The van der Waals surface area contributed by atoms with Gasteiger partial charge in [-0.3, -0.25) is 10.1 Å². The fourth-order valence-corrected chi connectivity index (χ4v) is 2.17. The highest BCUT2D eigenvalue weighted by atomic mass is 16.6. The minimum Gasteiger partial charge on any atom is -0.496 e. The maximum Gasteiger partial charge on any atom is 0.270 e. The van der Waals surface area contributed by atoms with Crippen molar-refractivity contribution in [2.75, 3.05) is 13.7 Å². The number of nitro benzene ring substituents is 1. The molecule has 0 saturated heterocycles. The summed E-state index contributed by atoms with van der Waals surface area (Å²) in [5.41, 5.74) is 0.794. The molecule has 0 bridgehead atoms. The fourth-order valence-electron chi connectivity index (χ4n) is 2.17. The molecule has 1 aromatic rings. The number of rotatable bonds is 7. The van der Waals surface area contributed by atoms with Crippen LogP contribution in [0.5, 0.6) is 5.75 Å². The van der Waals surface area contributed by atoms with Crippen LogP contribution in [0.1, 0.15) is 32.8 Å². The van der Waals surface area contributed by atoms with E-state index in [-0.39, 0.29) is 11.1 Å². The molecule has 0 aliphatic heterocycles. The summed E-state index contributed by atoms with van der Waals surface area (Å²) in [6.07, 6.45) is 0.237. The van der Waals surface area contributed by atoms with E-state index in [0.717, 1.165) is 0 Å². The first-order valence-corrected chi connectivity index (χ1v) is 6.93. The molecule has 0 radical (unpaired) electrons. The Morgan fingerprint density at radius 2 is 2.10 bits per heavy atom. The maximum atomic E-state index is 10.8. The summed E-state index contributed by atoms with van der Waals surface area (Å²) in [7, 11) is 1.53. The van der Waals surface area contributed by atoms with Crippen LogP contribution in [-0.4, -0.2) is 29.8 Å². The predicted octanol–water partition coefficient (Wildman–Crippen LogP) is 2.49. The van der Waals surface area contributed by atoms with Crippen LogP contribution >= 0.6 is 0 Å². The minimum atomic E-state index is -0.449. The van der Waals surface area contributed by atoms with Crippen LogP contribution in [0.25, 0.3) is 0 Å². The van der Waals surface area contributed by atoms with Crippen molar-refractivity contribution in [1.82, 2.24) is 5.32 Å². The van der Waals surface area contributed by atoms with Gasteiger partial charge in [-0.2, -0.15) is 0 Å². The van der Waals surface area contributed by atoms with Gasteiger partial charge in [0.15, 0.2) is 0 Å². The number of methoxy groups -OCH3 is 1. The van der Waals surface area contributed by atoms with Crippen molar-refractivity contribution in [1.29, 1.82) is 0 Å². The van der Waals surface area contributed by atoms with Crippen LogP contribution in [-0.2, 0) is 6.54 Å². The van der Waals surface area contributed by atoms with Crippen LogP contribution in [0.15, 0.2) is 18.2 Å². The van der Waals surface area contributed by atoms with Crippen molar-refractivity contribution in [3.05, 3.63) is 33.9 Å². The minimum absolute atomic E-state index is 0.0304. The second-order valence-corrected chi connectivity index (χ2v) is 6.30. The molecular formula is C15H24N2O4. The van der Waals surface area contributed by atoms with Crippen molar-refractivity contribution in [3.8, 4) is 5.75 Å². The molecule has 2 N–H and O–H groups in total. The number of hydrogen-bond acceptors (Lipinski definition) is 5. The van der Waals surface area contributed by atoms with Gasteiger partial charge in [0.25, 0.3) is 5.69 Å². The molecule has 0 aromatic heterocycles. The quantitative estimate of drug-likeness (QED) is 0.596. The highest BCUT2D eigenvalue weighted by Crippen LogP contribution is 2.24. The first-order valence-electron chi connectivity index (χ1n) is 6.93. The molecule has 1 aromatic carbocycles. The molecule has 1 rings (SSSR count). The number of nitrogens with one attached hydrogen (secondary N) is 1. The number of non-ortho nitro benzene ring substituents is 1. The number of nitrogens with zero attached hydrogens (tertiary/aromatic N) is 1. The lowest BCUT2D eigenvalue weighted by atomic mass is 9.89. The van der Waals surface area contributed by atoms with E-state index in [0.29, 0.717) is 30.8 Å². The lowest BCUT2D eigenvalue weighted by Gasteiger charge is -2.22. The Kier molecular flexibility index (Phi) is 6.11. The van der Waals surface area contributed by atoms with Crippen LogP contribution in [0.2, 0.25) is 0 Å². The van der Waals surface area contributed by atoms with Gasteiger partial charge in [-0.15, -0.1) is 0 Å². The Bertz CT molecular complexity index is 483. The zero-order valence-electron chi connectivity index (χ0n) is 13.0. The zero-order valence-corrected chi connectivity index (χ0v) is 13.0. The van der Waals surface area contributed by atoms with E-state index in [2.05, 4.69) is 26.1 Å². The van der Waals surface area contributed by atoms with Gasteiger partial charge in [0.05, 0.1) is 18.1 Å². The molecular weight excluding hydrogens is 272 g/mol. The number of aliphatic hydroxyl groups excluding tert-OH is 1. The van der Waals surface area contributed by atoms with E-state index in [1.807, 2.05) is 0 Å². The smallest absolute Gasteiger partial charge is 0.270 e. The Labute approximate surface area is 125 Å². The average Bonchev–Trinajstić information content (AvgIpc) is 2.36. The van der Waals surface area contributed by atoms with Crippen molar-refractivity contribution < 1.29 is 14.8 Å². The molecule has 6 nitrogen and oxygen atoms in total. The van der Waals surface area contributed by atoms with E-state index in [1.165, 1.54) is 19.2 Å². The molecule has 0 amide bonds. The van der Waals surface area contributed by atoms with E-state index in [1.54, 1.807) is 6.07 Å². The Morgan fingerprint density at radius 1 is 1.43 bits per heavy atom. The molecule has 0 aliphatic carbocycles. The van der Waals surface area contributed by atoms with Gasteiger partial charge in [-0.25, -0.2) is 0 Å². The second kappa shape index (κ2) is 7.38. The molecule has 0 heterocycles. The van der Waals surface area contributed by atoms with Crippen molar-refractivity contribution in [2.45, 2.75) is 39.8 Å². The molecule has 118 valence electrons. The number of benzene rings is 1. The molecule has 21 heavy (non-hydrogen) atoms. The number of hydrogen-bond donors (Lipinski definition) is 2. The fraction of sp³-hybridized carbons (Fsp3) is 0.600.